The Bertz CT molecular complexity index is 619. The quantitative estimate of drug-likeness (QED) is 0.721. The molecule has 5 heteroatoms. The van der Waals surface area contributed by atoms with Gasteiger partial charge in [0.15, 0.2) is 0 Å². The average Bonchev–Trinajstić information content (AvgIpc) is 2.46. The molecule has 2 aromatic rings. The van der Waals surface area contributed by atoms with Gasteiger partial charge in [0.25, 0.3) is 0 Å². The van der Waals surface area contributed by atoms with Crippen LogP contribution in [0.5, 0.6) is 0 Å². The van der Waals surface area contributed by atoms with Crippen LogP contribution in [0.25, 0.3) is 0 Å². The number of nitrogens with two attached hydrogens (primary N) is 1. The maximum atomic E-state index is 6.06. The summed E-state index contributed by atoms with van der Waals surface area (Å²) in [6, 6.07) is 14.3. The molecule has 0 amide bonds. The van der Waals surface area contributed by atoms with Crippen molar-refractivity contribution in [1.29, 1.82) is 0 Å². The molecule has 0 heterocycles. The van der Waals surface area contributed by atoms with Crippen LogP contribution in [0.3, 0.4) is 0 Å². The van der Waals surface area contributed by atoms with Crippen LogP contribution < -0.4 is 5.73 Å². The van der Waals surface area contributed by atoms with E-state index in [9.17, 15) is 0 Å². The molecule has 1 atom stereocenters. The van der Waals surface area contributed by atoms with Crippen molar-refractivity contribution in [3.05, 3.63) is 67.6 Å². The Morgan fingerprint density at radius 3 is 2.48 bits per heavy atom. The summed E-state index contributed by atoms with van der Waals surface area (Å²) in [7, 11) is 2.08. The predicted molar refractivity (Wildman–Crippen MR) is 96.6 cm³/mol. The highest BCUT2D eigenvalue weighted by atomic mass is 79.9. The average molecular weight is 433 g/mol. The Morgan fingerprint density at radius 2 is 1.86 bits per heavy atom. The Kier molecular flexibility index (Phi) is 6.26. The first-order chi connectivity index (χ1) is 10.0. The fourth-order valence-corrected chi connectivity index (χ4v) is 3.22. The first-order valence-electron chi connectivity index (χ1n) is 6.61. The van der Waals surface area contributed by atoms with E-state index in [0.717, 1.165) is 21.1 Å². The minimum atomic E-state index is 0.144. The molecule has 0 aliphatic carbocycles. The van der Waals surface area contributed by atoms with Gasteiger partial charge in [-0.25, -0.2) is 0 Å². The van der Waals surface area contributed by atoms with Gasteiger partial charge in [0.05, 0.1) is 5.02 Å². The van der Waals surface area contributed by atoms with E-state index in [1.54, 1.807) is 0 Å². The smallest absolute Gasteiger partial charge is 0.0548 e. The second-order valence-corrected chi connectivity index (χ2v) is 7.05. The van der Waals surface area contributed by atoms with E-state index in [1.165, 1.54) is 5.56 Å². The number of benzene rings is 2. The van der Waals surface area contributed by atoms with Gasteiger partial charge in [-0.3, -0.25) is 4.90 Å². The van der Waals surface area contributed by atoms with Crippen LogP contribution >= 0.6 is 43.5 Å². The molecule has 0 aliphatic rings. The summed E-state index contributed by atoms with van der Waals surface area (Å²) in [5.41, 5.74) is 8.38. The maximum absolute atomic E-state index is 6.06. The van der Waals surface area contributed by atoms with Crippen LogP contribution in [0.4, 0.5) is 0 Å². The zero-order valence-corrected chi connectivity index (χ0v) is 15.6. The molecule has 0 spiro atoms. The molecule has 2 aromatic carbocycles. The van der Waals surface area contributed by atoms with Crippen molar-refractivity contribution in [3.8, 4) is 0 Å². The van der Waals surface area contributed by atoms with Gasteiger partial charge in [0, 0.05) is 28.1 Å². The number of nitrogens with zero attached hydrogens (tertiary/aromatic N) is 1. The lowest BCUT2D eigenvalue weighted by molar-refractivity contribution is 0.241. The summed E-state index contributed by atoms with van der Waals surface area (Å²) in [5.74, 6) is 0. The van der Waals surface area contributed by atoms with Crippen molar-refractivity contribution in [2.75, 3.05) is 13.6 Å². The fourth-order valence-electron chi connectivity index (χ4n) is 2.30. The van der Waals surface area contributed by atoms with Gasteiger partial charge in [-0.1, -0.05) is 51.8 Å². The van der Waals surface area contributed by atoms with Crippen LogP contribution in [-0.2, 0) is 6.54 Å². The third-order valence-corrected chi connectivity index (χ3v) is 5.45. The third kappa shape index (κ3) is 4.30. The highest BCUT2D eigenvalue weighted by Gasteiger charge is 2.17. The van der Waals surface area contributed by atoms with Crippen molar-refractivity contribution in [2.45, 2.75) is 12.6 Å². The molecule has 0 aromatic heterocycles. The molecule has 0 aliphatic heterocycles. The monoisotopic (exact) mass is 430 g/mol. The van der Waals surface area contributed by atoms with Gasteiger partial charge in [-0.15, -0.1) is 0 Å². The normalized spacial score (nSPS) is 12.7. The summed E-state index contributed by atoms with van der Waals surface area (Å²) in [5, 5.41) is 0.711. The SMILES string of the molecule is CN(Cc1ccccc1Br)C(CN)c1ccc(Cl)c(Br)c1. The van der Waals surface area contributed by atoms with Gasteiger partial charge in [0.1, 0.15) is 0 Å². The van der Waals surface area contributed by atoms with Crippen LogP contribution in [-0.4, -0.2) is 18.5 Å². The lowest BCUT2D eigenvalue weighted by Crippen LogP contribution is -2.30. The minimum absolute atomic E-state index is 0.144. The number of hydrogen-bond acceptors (Lipinski definition) is 2. The molecule has 21 heavy (non-hydrogen) atoms. The summed E-state index contributed by atoms with van der Waals surface area (Å²) in [4.78, 5) is 2.25. The van der Waals surface area contributed by atoms with Crippen LogP contribution in [0, 0.1) is 0 Å². The number of halogens is 3. The minimum Gasteiger partial charge on any atom is -0.329 e. The largest absolute Gasteiger partial charge is 0.329 e. The first kappa shape index (κ1) is 17.0. The summed E-state index contributed by atoms with van der Waals surface area (Å²) >= 11 is 13.1. The Balaban J connectivity index is 2.20. The number of rotatable bonds is 5. The Morgan fingerprint density at radius 1 is 1.14 bits per heavy atom. The predicted octanol–water partition coefficient (Wildman–Crippen LogP) is 5.00. The third-order valence-electron chi connectivity index (χ3n) is 3.46. The molecule has 2 nitrogen and oxygen atoms in total. The maximum Gasteiger partial charge on any atom is 0.0548 e. The van der Waals surface area contributed by atoms with E-state index in [2.05, 4.69) is 55.9 Å². The molecule has 2 rings (SSSR count). The van der Waals surface area contributed by atoms with Crippen molar-refractivity contribution in [3.63, 3.8) is 0 Å². The van der Waals surface area contributed by atoms with E-state index in [0.29, 0.717) is 11.6 Å². The second kappa shape index (κ2) is 7.75. The van der Waals surface area contributed by atoms with Crippen molar-refractivity contribution >= 4 is 43.5 Å². The zero-order valence-electron chi connectivity index (χ0n) is 11.7. The molecule has 1 unspecified atom stereocenters. The highest BCUT2D eigenvalue weighted by molar-refractivity contribution is 9.10. The van der Waals surface area contributed by atoms with E-state index >= 15 is 0 Å². The molecule has 0 saturated carbocycles. The summed E-state index contributed by atoms with van der Waals surface area (Å²) in [6.45, 7) is 1.37. The molecular weight excluding hydrogens is 415 g/mol. The Hall–Kier alpha value is -0.390. The van der Waals surface area contributed by atoms with Crippen LogP contribution in [0.1, 0.15) is 17.2 Å². The van der Waals surface area contributed by atoms with Crippen molar-refractivity contribution in [1.82, 2.24) is 4.90 Å². The van der Waals surface area contributed by atoms with Gasteiger partial charge in [-0.2, -0.15) is 0 Å². The molecule has 112 valence electrons. The van der Waals surface area contributed by atoms with Gasteiger partial charge in [0.2, 0.25) is 0 Å². The lowest BCUT2D eigenvalue weighted by Gasteiger charge is -2.28. The molecule has 0 saturated heterocycles. The molecular formula is C16H17Br2ClN2. The van der Waals surface area contributed by atoms with Crippen molar-refractivity contribution in [2.24, 2.45) is 5.73 Å². The topological polar surface area (TPSA) is 29.3 Å². The molecule has 0 radical (unpaired) electrons. The zero-order chi connectivity index (χ0) is 15.4. The first-order valence-corrected chi connectivity index (χ1v) is 8.58. The molecule has 2 N–H and O–H groups in total. The van der Waals surface area contributed by atoms with Crippen molar-refractivity contribution < 1.29 is 0 Å². The van der Waals surface area contributed by atoms with Crippen LogP contribution in [0.2, 0.25) is 5.02 Å². The van der Waals surface area contributed by atoms with Gasteiger partial charge < -0.3 is 5.73 Å². The molecule has 0 fully saturated rings. The number of hydrogen-bond donors (Lipinski definition) is 1. The molecule has 0 bridgehead atoms. The number of likely N-dealkylation sites (N-methyl/N-ethyl adjacent to an activating group) is 1. The standard InChI is InChI=1S/C16H17Br2ClN2/c1-21(10-12-4-2-3-5-13(12)17)16(9-20)11-6-7-15(19)14(18)8-11/h2-8,16H,9-10,20H2,1H3. The second-order valence-electron chi connectivity index (χ2n) is 4.93. The van der Waals surface area contributed by atoms with Crippen LogP contribution in [0.15, 0.2) is 51.4 Å². The lowest BCUT2D eigenvalue weighted by atomic mass is 10.0. The van der Waals surface area contributed by atoms with Gasteiger partial charge >= 0.3 is 0 Å². The van der Waals surface area contributed by atoms with E-state index in [1.807, 2.05) is 30.3 Å². The summed E-state index contributed by atoms with van der Waals surface area (Å²) < 4.78 is 2.01. The van der Waals surface area contributed by atoms with E-state index in [4.69, 9.17) is 17.3 Å². The fraction of sp³-hybridized carbons (Fsp3) is 0.250. The Labute approximate surface area is 147 Å². The van der Waals surface area contributed by atoms with E-state index in [-0.39, 0.29) is 6.04 Å². The highest BCUT2D eigenvalue weighted by Crippen LogP contribution is 2.29. The summed E-state index contributed by atoms with van der Waals surface area (Å²) in [6.07, 6.45) is 0. The van der Waals surface area contributed by atoms with E-state index < -0.39 is 0 Å². The van der Waals surface area contributed by atoms with Gasteiger partial charge in [-0.05, 0) is 52.3 Å².